The van der Waals surface area contributed by atoms with E-state index in [1.54, 1.807) is 18.0 Å². The summed E-state index contributed by atoms with van der Waals surface area (Å²) in [6.45, 7) is 1.88. The first kappa shape index (κ1) is 9.51. The lowest BCUT2D eigenvalue weighted by atomic mass is 10.3. The number of rotatable bonds is 2. The third-order valence-electron chi connectivity index (χ3n) is 2.04. The minimum Gasteiger partial charge on any atom is -0.479 e. The van der Waals surface area contributed by atoms with E-state index in [0.717, 1.165) is 5.69 Å². The van der Waals surface area contributed by atoms with Gasteiger partial charge in [0.2, 0.25) is 5.88 Å². The highest BCUT2D eigenvalue weighted by Crippen LogP contribution is 2.18. The number of ether oxygens (including phenoxy) is 1. The first-order valence-electron chi connectivity index (χ1n) is 4.50. The maximum atomic E-state index is 11.0. The molecule has 0 spiro atoms. The number of H-pyrrole nitrogens is 1. The molecule has 0 unspecified atom stereocenters. The van der Waals surface area contributed by atoms with E-state index in [-0.39, 0.29) is 5.56 Å². The molecule has 0 aliphatic heterocycles. The summed E-state index contributed by atoms with van der Waals surface area (Å²) >= 11 is 0. The van der Waals surface area contributed by atoms with Crippen LogP contribution >= 0.6 is 0 Å². The van der Waals surface area contributed by atoms with Crippen LogP contribution < -0.4 is 10.3 Å². The van der Waals surface area contributed by atoms with Crippen molar-refractivity contribution in [1.29, 1.82) is 0 Å². The number of aromatic amines is 1. The molecule has 5 heteroatoms. The standard InChI is InChI=1S/C10H11N3O2/c1-7-3-4-8(10(11-7)15-2)13-6-5-9(14)12-13/h3-6H,1-2H3,(H,12,14). The van der Waals surface area contributed by atoms with Gasteiger partial charge in [-0.2, -0.15) is 0 Å². The number of hydrogen-bond acceptors (Lipinski definition) is 3. The summed E-state index contributed by atoms with van der Waals surface area (Å²) in [4.78, 5) is 15.2. The van der Waals surface area contributed by atoms with Crippen molar-refractivity contribution in [3.05, 3.63) is 40.4 Å². The number of hydrogen-bond donors (Lipinski definition) is 1. The van der Waals surface area contributed by atoms with Crippen LogP contribution in [-0.4, -0.2) is 21.9 Å². The Balaban J connectivity index is 2.57. The molecule has 0 atom stereocenters. The lowest BCUT2D eigenvalue weighted by Gasteiger charge is -2.08. The van der Waals surface area contributed by atoms with Gasteiger partial charge >= 0.3 is 0 Å². The maximum absolute atomic E-state index is 11.0. The molecule has 0 aliphatic carbocycles. The van der Waals surface area contributed by atoms with Crippen molar-refractivity contribution in [2.24, 2.45) is 0 Å². The lowest BCUT2D eigenvalue weighted by Crippen LogP contribution is -2.05. The Bertz CT molecular complexity index is 527. The van der Waals surface area contributed by atoms with Crippen molar-refractivity contribution < 1.29 is 4.74 Å². The van der Waals surface area contributed by atoms with E-state index in [1.165, 1.54) is 6.07 Å². The van der Waals surface area contributed by atoms with Gasteiger partial charge in [-0.3, -0.25) is 14.6 Å². The highest BCUT2D eigenvalue weighted by atomic mass is 16.5. The van der Waals surface area contributed by atoms with E-state index in [4.69, 9.17) is 4.74 Å². The van der Waals surface area contributed by atoms with Crippen LogP contribution in [0.15, 0.2) is 29.2 Å². The molecule has 15 heavy (non-hydrogen) atoms. The van der Waals surface area contributed by atoms with Gasteiger partial charge in [0.15, 0.2) is 0 Å². The molecular weight excluding hydrogens is 194 g/mol. The maximum Gasteiger partial charge on any atom is 0.264 e. The van der Waals surface area contributed by atoms with Crippen LogP contribution in [0.2, 0.25) is 0 Å². The highest BCUT2D eigenvalue weighted by Gasteiger charge is 2.06. The fourth-order valence-electron chi connectivity index (χ4n) is 1.34. The van der Waals surface area contributed by atoms with E-state index in [0.29, 0.717) is 11.6 Å². The Kier molecular flexibility index (Phi) is 2.29. The molecule has 1 N–H and O–H groups in total. The van der Waals surface area contributed by atoms with Gasteiger partial charge in [0.25, 0.3) is 5.56 Å². The molecule has 78 valence electrons. The summed E-state index contributed by atoms with van der Waals surface area (Å²) in [5, 5.41) is 2.63. The predicted molar refractivity (Wildman–Crippen MR) is 55.5 cm³/mol. The summed E-state index contributed by atoms with van der Waals surface area (Å²) < 4.78 is 6.71. The number of nitrogens with zero attached hydrogens (tertiary/aromatic N) is 2. The number of pyridine rings is 1. The third-order valence-corrected chi connectivity index (χ3v) is 2.04. The van der Waals surface area contributed by atoms with E-state index >= 15 is 0 Å². The van der Waals surface area contributed by atoms with Crippen LogP contribution in [0.4, 0.5) is 0 Å². The van der Waals surface area contributed by atoms with Crippen LogP contribution in [0, 0.1) is 6.92 Å². The molecule has 2 aromatic rings. The topological polar surface area (TPSA) is 59.9 Å². The molecule has 0 radical (unpaired) electrons. The first-order valence-corrected chi connectivity index (χ1v) is 4.50. The fourth-order valence-corrected chi connectivity index (χ4v) is 1.34. The summed E-state index contributed by atoms with van der Waals surface area (Å²) in [5.74, 6) is 0.488. The van der Waals surface area contributed by atoms with Gasteiger partial charge in [0.1, 0.15) is 5.69 Å². The van der Waals surface area contributed by atoms with Gasteiger partial charge in [-0.05, 0) is 19.1 Å². The molecule has 5 nitrogen and oxygen atoms in total. The van der Waals surface area contributed by atoms with Gasteiger partial charge in [-0.1, -0.05) is 0 Å². The quantitative estimate of drug-likeness (QED) is 0.791. The van der Waals surface area contributed by atoms with Crippen LogP contribution in [0.3, 0.4) is 0 Å². The molecule has 0 saturated carbocycles. The molecule has 2 aromatic heterocycles. The van der Waals surface area contributed by atoms with E-state index < -0.39 is 0 Å². The summed E-state index contributed by atoms with van der Waals surface area (Å²) in [6.07, 6.45) is 1.64. The van der Waals surface area contributed by atoms with Gasteiger partial charge in [0.05, 0.1) is 7.11 Å². The fraction of sp³-hybridized carbons (Fsp3) is 0.200. The first-order chi connectivity index (χ1) is 7.20. The highest BCUT2D eigenvalue weighted by molar-refractivity contribution is 5.41. The van der Waals surface area contributed by atoms with E-state index in [1.807, 2.05) is 19.1 Å². The number of nitrogens with one attached hydrogen (secondary N) is 1. The van der Waals surface area contributed by atoms with Crippen molar-refractivity contribution >= 4 is 0 Å². The van der Waals surface area contributed by atoms with Crippen molar-refractivity contribution in [1.82, 2.24) is 14.8 Å². The normalized spacial score (nSPS) is 10.3. The van der Waals surface area contributed by atoms with Crippen LogP contribution in [-0.2, 0) is 0 Å². The second kappa shape index (κ2) is 3.61. The zero-order valence-corrected chi connectivity index (χ0v) is 8.52. The van der Waals surface area contributed by atoms with Gasteiger partial charge in [-0.25, -0.2) is 4.98 Å². The molecule has 0 fully saturated rings. The molecule has 2 heterocycles. The Labute approximate surface area is 86.3 Å². The molecule has 0 saturated heterocycles. The summed E-state index contributed by atoms with van der Waals surface area (Å²) in [5.41, 5.74) is 1.42. The molecule has 0 amide bonds. The second-order valence-electron chi connectivity index (χ2n) is 3.14. The van der Waals surface area contributed by atoms with Crippen LogP contribution in [0.5, 0.6) is 5.88 Å². The second-order valence-corrected chi connectivity index (χ2v) is 3.14. The molecule has 0 bridgehead atoms. The van der Waals surface area contributed by atoms with Crippen LogP contribution in [0.25, 0.3) is 5.69 Å². The lowest BCUT2D eigenvalue weighted by molar-refractivity contribution is 0.393. The van der Waals surface area contributed by atoms with Crippen LogP contribution in [0.1, 0.15) is 5.69 Å². The Morgan fingerprint density at radius 1 is 1.40 bits per heavy atom. The number of methoxy groups -OCH3 is 1. The zero-order valence-electron chi connectivity index (χ0n) is 8.52. The van der Waals surface area contributed by atoms with Crippen molar-refractivity contribution in [2.75, 3.05) is 7.11 Å². The summed E-state index contributed by atoms with van der Waals surface area (Å²) in [6, 6.07) is 5.15. The van der Waals surface area contributed by atoms with Gasteiger partial charge in [0, 0.05) is 18.0 Å². The molecule has 0 aromatic carbocycles. The average Bonchev–Trinajstić information content (AvgIpc) is 2.64. The largest absolute Gasteiger partial charge is 0.479 e. The SMILES string of the molecule is COc1nc(C)ccc1-n1ccc(=O)[nH]1. The average molecular weight is 205 g/mol. The molecule has 0 aliphatic rings. The van der Waals surface area contributed by atoms with Crippen molar-refractivity contribution in [3.63, 3.8) is 0 Å². The predicted octanol–water partition coefficient (Wildman–Crippen LogP) is 0.878. The van der Waals surface area contributed by atoms with Crippen molar-refractivity contribution in [2.45, 2.75) is 6.92 Å². The van der Waals surface area contributed by atoms with Gasteiger partial charge in [-0.15, -0.1) is 0 Å². The smallest absolute Gasteiger partial charge is 0.264 e. The zero-order chi connectivity index (χ0) is 10.8. The molecular formula is C10H11N3O2. The minimum atomic E-state index is -0.155. The Morgan fingerprint density at radius 3 is 2.80 bits per heavy atom. The monoisotopic (exact) mass is 205 g/mol. The van der Waals surface area contributed by atoms with Gasteiger partial charge < -0.3 is 4.74 Å². The number of aromatic nitrogens is 3. The van der Waals surface area contributed by atoms with E-state index in [9.17, 15) is 4.79 Å². The van der Waals surface area contributed by atoms with E-state index in [2.05, 4.69) is 10.1 Å². The minimum absolute atomic E-state index is 0.155. The van der Waals surface area contributed by atoms with Crippen molar-refractivity contribution in [3.8, 4) is 11.6 Å². The third kappa shape index (κ3) is 1.76. The molecule has 2 rings (SSSR count). The number of aryl methyl sites for hydroxylation is 1. The Hall–Kier alpha value is -2.04. The Morgan fingerprint density at radius 2 is 2.20 bits per heavy atom. The summed E-state index contributed by atoms with van der Waals surface area (Å²) in [7, 11) is 1.55.